The van der Waals surface area contributed by atoms with Crippen LogP contribution in [0.4, 0.5) is 5.69 Å². The van der Waals surface area contributed by atoms with Crippen molar-refractivity contribution in [1.82, 2.24) is 10.2 Å². The number of amides is 2. The van der Waals surface area contributed by atoms with E-state index >= 15 is 0 Å². The van der Waals surface area contributed by atoms with Gasteiger partial charge in [0.1, 0.15) is 5.60 Å². The normalized spacial score (nSPS) is 33.2. The maximum Gasteiger partial charge on any atom is 0.234 e. The van der Waals surface area contributed by atoms with Crippen LogP contribution in [0.1, 0.15) is 0 Å². The van der Waals surface area contributed by atoms with Gasteiger partial charge in [-0.05, 0) is 12.1 Å². The van der Waals surface area contributed by atoms with Gasteiger partial charge in [0.25, 0.3) is 0 Å². The van der Waals surface area contributed by atoms with Crippen molar-refractivity contribution >= 4 is 17.5 Å². The first-order valence-electron chi connectivity index (χ1n) is 10.8. The van der Waals surface area contributed by atoms with Crippen molar-refractivity contribution in [2.45, 2.75) is 11.7 Å². The third kappa shape index (κ3) is 3.02. The minimum absolute atomic E-state index is 0.0842. The number of morpholine rings is 1. The van der Waals surface area contributed by atoms with E-state index < -0.39 is 17.4 Å². The summed E-state index contributed by atoms with van der Waals surface area (Å²) >= 11 is 0. The van der Waals surface area contributed by atoms with E-state index in [2.05, 4.69) is 10.2 Å². The van der Waals surface area contributed by atoms with Crippen LogP contribution >= 0.6 is 0 Å². The van der Waals surface area contributed by atoms with Gasteiger partial charge in [0.15, 0.2) is 11.5 Å². The van der Waals surface area contributed by atoms with Crippen LogP contribution in [-0.4, -0.2) is 81.1 Å². The Kier molecular flexibility index (Phi) is 4.45. The molecule has 0 unspecified atom stereocenters. The van der Waals surface area contributed by atoms with Gasteiger partial charge < -0.3 is 29.2 Å². The zero-order chi connectivity index (χ0) is 21.0. The highest BCUT2D eigenvalue weighted by Gasteiger charge is 2.67. The number of benzene rings is 1. The molecule has 3 saturated heterocycles. The van der Waals surface area contributed by atoms with Gasteiger partial charge in [-0.2, -0.15) is 0 Å². The molecule has 2 bridgehead atoms. The molecule has 1 aromatic carbocycles. The van der Waals surface area contributed by atoms with E-state index in [9.17, 15) is 9.59 Å². The van der Waals surface area contributed by atoms with Gasteiger partial charge >= 0.3 is 0 Å². The number of carbonyl (C=O) groups is 2. The third-order valence-electron chi connectivity index (χ3n) is 6.90. The zero-order valence-corrected chi connectivity index (χ0v) is 17.1. The second-order valence-corrected chi connectivity index (χ2v) is 8.61. The van der Waals surface area contributed by atoms with E-state index in [1.807, 2.05) is 24.3 Å². The van der Waals surface area contributed by atoms with Crippen molar-refractivity contribution in [3.8, 4) is 11.5 Å². The van der Waals surface area contributed by atoms with Crippen LogP contribution in [0.2, 0.25) is 0 Å². The van der Waals surface area contributed by atoms with E-state index in [0.717, 1.165) is 38.5 Å². The molecule has 1 spiro atoms. The first kappa shape index (κ1) is 19.1. The molecule has 6 rings (SSSR count). The van der Waals surface area contributed by atoms with Gasteiger partial charge in [-0.25, -0.2) is 0 Å². The van der Waals surface area contributed by atoms with Crippen molar-refractivity contribution in [2.24, 2.45) is 11.8 Å². The number of carbonyl (C=O) groups excluding carboxylic acids is 2. The molecular weight excluding hydrogens is 402 g/mol. The Balaban J connectivity index is 1.17. The van der Waals surface area contributed by atoms with Crippen molar-refractivity contribution in [1.29, 1.82) is 0 Å². The fraction of sp³-hybridized carbons (Fsp3) is 0.545. The Hall–Kier alpha value is -2.62. The summed E-state index contributed by atoms with van der Waals surface area (Å²) in [6, 6.07) is 5.46. The Morgan fingerprint density at radius 1 is 1.19 bits per heavy atom. The highest BCUT2D eigenvalue weighted by Crippen LogP contribution is 2.53. The molecule has 3 fully saturated rings. The van der Waals surface area contributed by atoms with Gasteiger partial charge in [0.05, 0.1) is 37.7 Å². The molecule has 5 heterocycles. The number of ether oxygens (including phenoxy) is 4. The van der Waals surface area contributed by atoms with Crippen LogP contribution in [0, 0.1) is 11.8 Å². The summed E-state index contributed by atoms with van der Waals surface area (Å²) in [7, 11) is 0. The van der Waals surface area contributed by atoms with Gasteiger partial charge in [-0.3, -0.25) is 14.5 Å². The SMILES string of the molecule is O=C(NCCN1CCOCC1)[C@H]1[C@H]2C=C[C@@]3(CN(c4ccc5c(c4)OCO5)C(=O)[C@@H]13)O2. The lowest BCUT2D eigenvalue weighted by Crippen LogP contribution is -2.46. The number of nitrogens with one attached hydrogen (secondary N) is 1. The minimum Gasteiger partial charge on any atom is -0.454 e. The summed E-state index contributed by atoms with van der Waals surface area (Å²) < 4.78 is 22.4. The Bertz CT molecular complexity index is 945. The smallest absolute Gasteiger partial charge is 0.234 e. The first-order valence-corrected chi connectivity index (χ1v) is 10.8. The summed E-state index contributed by atoms with van der Waals surface area (Å²) in [5, 5.41) is 3.03. The van der Waals surface area contributed by atoms with Gasteiger partial charge in [0, 0.05) is 37.9 Å². The van der Waals surface area contributed by atoms with Crippen LogP contribution in [0.3, 0.4) is 0 Å². The number of nitrogens with zero attached hydrogens (tertiary/aromatic N) is 2. The summed E-state index contributed by atoms with van der Waals surface area (Å²) in [6.07, 6.45) is 3.54. The number of anilines is 1. The Morgan fingerprint density at radius 3 is 2.90 bits per heavy atom. The molecule has 9 nitrogen and oxygen atoms in total. The molecule has 0 aromatic heterocycles. The molecule has 5 aliphatic heterocycles. The molecule has 2 amide bonds. The molecular formula is C22H25N3O6. The maximum absolute atomic E-state index is 13.4. The molecule has 0 radical (unpaired) electrons. The lowest BCUT2D eigenvalue weighted by molar-refractivity contribution is -0.132. The molecule has 0 saturated carbocycles. The number of hydrogen-bond donors (Lipinski definition) is 1. The molecule has 164 valence electrons. The highest BCUT2D eigenvalue weighted by atomic mass is 16.7. The lowest BCUT2D eigenvalue weighted by Gasteiger charge is -2.27. The van der Waals surface area contributed by atoms with E-state index in [0.29, 0.717) is 24.6 Å². The molecule has 0 aliphatic carbocycles. The fourth-order valence-corrected chi connectivity index (χ4v) is 5.35. The predicted octanol–water partition coefficient (Wildman–Crippen LogP) is 0.150. The highest BCUT2D eigenvalue weighted by molar-refractivity contribution is 6.03. The molecule has 1 aromatic rings. The average Bonchev–Trinajstić information content (AvgIpc) is 3.54. The number of fused-ring (bicyclic) bond motifs is 2. The third-order valence-corrected chi connectivity index (χ3v) is 6.90. The Morgan fingerprint density at radius 2 is 2.03 bits per heavy atom. The molecule has 1 N–H and O–H groups in total. The number of hydrogen-bond acceptors (Lipinski definition) is 7. The molecule has 31 heavy (non-hydrogen) atoms. The van der Waals surface area contributed by atoms with Crippen molar-refractivity contribution in [2.75, 3.05) is 57.6 Å². The van der Waals surface area contributed by atoms with Crippen molar-refractivity contribution < 1.29 is 28.5 Å². The van der Waals surface area contributed by atoms with E-state index in [4.69, 9.17) is 18.9 Å². The quantitative estimate of drug-likeness (QED) is 0.669. The van der Waals surface area contributed by atoms with Crippen molar-refractivity contribution in [3.63, 3.8) is 0 Å². The van der Waals surface area contributed by atoms with Crippen molar-refractivity contribution in [3.05, 3.63) is 30.4 Å². The first-order chi connectivity index (χ1) is 15.1. The summed E-state index contributed by atoms with van der Waals surface area (Å²) in [5.74, 6) is 0.0632. The summed E-state index contributed by atoms with van der Waals surface area (Å²) in [6.45, 7) is 5.10. The topological polar surface area (TPSA) is 89.6 Å². The molecule has 5 aliphatic rings. The van der Waals surface area contributed by atoms with Gasteiger partial charge in [0.2, 0.25) is 18.6 Å². The Labute approximate surface area is 179 Å². The summed E-state index contributed by atoms with van der Waals surface area (Å²) in [4.78, 5) is 30.5. The van der Waals surface area contributed by atoms with Crippen LogP contribution in [-0.2, 0) is 19.1 Å². The number of rotatable bonds is 5. The largest absolute Gasteiger partial charge is 0.454 e. The summed E-state index contributed by atoms with van der Waals surface area (Å²) in [5.41, 5.74) is -0.0189. The van der Waals surface area contributed by atoms with Crippen LogP contribution in [0.25, 0.3) is 0 Å². The van der Waals surface area contributed by atoms with Gasteiger partial charge in [-0.1, -0.05) is 12.2 Å². The maximum atomic E-state index is 13.4. The van der Waals surface area contributed by atoms with Crippen LogP contribution in [0.5, 0.6) is 11.5 Å². The van der Waals surface area contributed by atoms with Crippen LogP contribution in [0.15, 0.2) is 30.4 Å². The van der Waals surface area contributed by atoms with E-state index in [1.54, 1.807) is 11.0 Å². The van der Waals surface area contributed by atoms with E-state index in [-0.39, 0.29) is 24.7 Å². The predicted molar refractivity (Wildman–Crippen MR) is 109 cm³/mol. The molecule has 4 atom stereocenters. The van der Waals surface area contributed by atoms with Gasteiger partial charge in [-0.15, -0.1) is 0 Å². The second-order valence-electron chi connectivity index (χ2n) is 8.61. The average molecular weight is 427 g/mol. The standard InChI is InChI=1S/C22H25N3O6/c26-20(23-5-6-24-7-9-28-10-8-24)18-16-3-4-22(31-16)12-25(21(27)19(18)22)14-1-2-15-17(11-14)30-13-29-15/h1-4,11,16,18-19H,5-10,12-13H2,(H,23,26)/t16-,18+,19-,22+/m1/s1. The second kappa shape index (κ2) is 7.22. The molecule has 9 heteroatoms. The monoisotopic (exact) mass is 427 g/mol. The minimum atomic E-state index is -0.746. The zero-order valence-electron chi connectivity index (χ0n) is 17.1. The van der Waals surface area contributed by atoms with Crippen LogP contribution < -0.4 is 19.7 Å². The van der Waals surface area contributed by atoms with E-state index in [1.165, 1.54) is 0 Å². The fourth-order valence-electron chi connectivity index (χ4n) is 5.35. The lowest BCUT2D eigenvalue weighted by atomic mass is 9.77.